The smallest absolute Gasteiger partial charge is 0.188 e. The Balaban J connectivity index is 0.00000288. The van der Waals surface area contributed by atoms with E-state index in [2.05, 4.69) is 10.3 Å². The molecule has 0 bridgehead atoms. The predicted octanol–water partition coefficient (Wildman–Crippen LogP) is 3.70. The summed E-state index contributed by atoms with van der Waals surface area (Å²) < 4.78 is 10.5. The predicted molar refractivity (Wildman–Crippen MR) is 109 cm³/mol. The van der Waals surface area contributed by atoms with Crippen molar-refractivity contribution < 1.29 is 9.47 Å². The van der Waals surface area contributed by atoms with E-state index in [4.69, 9.17) is 15.2 Å². The lowest BCUT2D eigenvalue weighted by atomic mass is 10.0. The van der Waals surface area contributed by atoms with Gasteiger partial charge in [-0.25, -0.2) is 4.99 Å². The molecule has 1 aliphatic carbocycles. The number of benzene rings is 1. The number of hydrogen-bond acceptors (Lipinski definition) is 3. The van der Waals surface area contributed by atoms with E-state index in [-0.39, 0.29) is 24.0 Å². The Morgan fingerprint density at radius 2 is 1.92 bits per heavy atom. The van der Waals surface area contributed by atoms with E-state index in [9.17, 15) is 0 Å². The van der Waals surface area contributed by atoms with E-state index in [0.29, 0.717) is 18.3 Å². The molecule has 0 heterocycles. The van der Waals surface area contributed by atoms with Crippen LogP contribution in [0.25, 0.3) is 0 Å². The fraction of sp³-hybridized carbons (Fsp3) is 0.611. The first-order chi connectivity index (χ1) is 11.2. The van der Waals surface area contributed by atoms with Crippen LogP contribution in [-0.2, 0) is 6.54 Å². The van der Waals surface area contributed by atoms with E-state index in [1.165, 1.54) is 32.1 Å². The number of guanidine groups is 1. The molecule has 24 heavy (non-hydrogen) atoms. The minimum Gasteiger partial charge on any atom is -0.493 e. The maximum atomic E-state index is 5.93. The number of nitrogens with two attached hydrogens (primary N) is 1. The Hall–Kier alpha value is -1.18. The molecule has 0 aromatic heterocycles. The van der Waals surface area contributed by atoms with Gasteiger partial charge in [-0.2, -0.15) is 0 Å². The molecule has 6 heteroatoms. The number of aliphatic imine (C=N–C) groups is 1. The highest BCUT2D eigenvalue weighted by Gasteiger charge is 2.13. The number of rotatable bonds is 8. The van der Waals surface area contributed by atoms with E-state index >= 15 is 0 Å². The van der Waals surface area contributed by atoms with Crippen LogP contribution in [0.1, 0.15) is 44.1 Å². The summed E-state index contributed by atoms with van der Waals surface area (Å²) in [5.74, 6) is 2.87. The van der Waals surface area contributed by atoms with Gasteiger partial charge in [-0.05, 0) is 36.5 Å². The zero-order valence-corrected chi connectivity index (χ0v) is 17.0. The molecule has 0 unspecified atom stereocenters. The van der Waals surface area contributed by atoms with Crippen LogP contribution in [0.15, 0.2) is 23.2 Å². The van der Waals surface area contributed by atoms with Gasteiger partial charge in [0.25, 0.3) is 0 Å². The summed E-state index contributed by atoms with van der Waals surface area (Å²) in [5, 5.41) is 3.20. The Morgan fingerprint density at radius 3 is 2.58 bits per heavy atom. The molecule has 0 aliphatic heterocycles. The third-order valence-electron chi connectivity index (χ3n) is 4.45. The monoisotopic (exact) mass is 447 g/mol. The molecular weight excluding hydrogens is 417 g/mol. The van der Waals surface area contributed by atoms with Gasteiger partial charge in [-0.3, -0.25) is 0 Å². The van der Waals surface area contributed by atoms with Crippen LogP contribution >= 0.6 is 24.0 Å². The van der Waals surface area contributed by atoms with Gasteiger partial charge in [0.05, 0.1) is 20.8 Å². The SMILES string of the molecule is COc1ccc(CN=C(N)NCCCC2CCCC2)cc1OC.I. The number of nitrogens with one attached hydrogen (secondary N) is 1. The molecule has 1 saturated carbocycles. The molecule has 5 nitrogen and oxygen atoms in total. The van der Waals surface area contributed by atoms with Crippen LogP contribution in [0.2, 0.25) is 0 Å². The molecule has 1 aromatic rings. The summed E-state index contributed by atoms with van der Waals surface area (Å²) >= 11 is 0. The van der Waals surface area contributed by atoms with Crippen molar-refractivity contribution in [1.82, 2.24) is 5.32 Å². The molecule has 1 aliphatic rings. The second-order valence-electron chi connectivity index (χ2n) is 6.11. The van der Waals surface area contributed by atoms with Crippen molar-refractivity contribution >= 4 is 29.9 Å². The molecule has 136 valence electrons. The van der Waals surface area contributed by atoms with E-state index in [0.717, 1.165) is 30.2 Å². The fourth-order valence-electron chi connectivity index (χ4n) is 3.12. The summed E-state index contributed by atoms with van der Waals surface area (Å²) in [4.78, 5) is 4.38. The molecule has 0 amide bonds. The Labute approximate surface area is 162 Å². The third kappa shape index (κ3) is 6.75. The first-order valence-corrected chi connectivity index (χ1v) is 8.47. The quantitative estimate of drug-likeness (QED) is 0.276. The van der Waals surface area contributed by atoms with Crippen LogP contribution in [-0.4, -0.2) is 26.7 Å². The van der Waals surface area contributed by atoms with Crippen LogP contribution in [0.5, 0.6) is 11.5 Å². The summed E-state index contributed by atoms with van der Waals surface area (Å²) in [6.07, 6.45) is 8.10. The largest absolute Gasteiger partial charge is 0.493 e. The molecule has 1 fully saturated rings. The maximum Gasteiger partial charge on any atom is 0.188 e. The van der Waals surface area contributed by atoms with Crippen molar-refractivity contribution in [3.8, 4) is 11.5 Å². The van der Waals surface area contributed by atoms with Gasteiger partial charge in [0.1, 0.15) is 0 Å². The number of halogens is 1. The van der Waals surface area contributed by atoms with E-state index in [1.54, 1.807) is 14.2 Å². The van der Waals surface area contributed by atoms with Crippen LogP contribution in [0.3, 0.4) is 0 Å². The number of ether oxygens (including phenoxy) is 2. The van der Waals surface area contributed by atoms with Crippen molar-refractivity contribution in [1.29, 1.82) is 0 Å². The van der Waals surface area contributed by atoms with Crippen molar-refractivity contribution in [2.24, 2.45) is 16.6 Å². The first kappa shape index (κ1) is 20.9. The zero-order valence-electron chi connectivity index (χ0n) is 14.7. The lowest BCUT2D eigenvalue weighted by Crippen LogP contribution is -2.32. The number of nitrogens with zero attached hydrogens (tertiary/aromatic N) is 1. The van der Waals surface area contributed by atoms with Gasteiger partial charge >= 0.3 is 0 Å². The second-order valence-corrected chi connectivity index (χ2v) is 6.11. The first-order valence-electron chi connectivity index (χ1n) is 8.47. The third-order valence-corrected chi connectivity index (χ3v) is 4.45. The molecule has 0 atom stereocenters. The topological polar surface area (TPSA) is 68.9 Å². The highest BCUT2D eigenvalue weighted by Crippen LogP contribution is 2.28. The van der Waals surface area contributed by atoms with Crippen molar-refractivity contribution in [3.63, 3.8) is 0 Å². The van der Waals surface area contributed by atoms with Crippen LogP contribution < -0.4 is 20.5 Å². The van der Waals surface area contributed by atoms with Crippen LogP contribution in [0, 0.1) is 5.92 Å². The van der Waals surface area contributed by atoms with Crippen molar-refractivity contribution in [2.45, 2.75) is 45.1 Å². The van der Waals surface area contributed by atoms with Gasteiger partial charge in [-0.1, -0.05) is 31.7 Å². The van der Waals surface area contributed by atoms with Crippen molar-refractivity contribution in [2.75, 3.05) is 20.8 Å². The Kier molecular flexibility index (Phi) is 9.90. The van der Waals surface area contributed by atoms with Gasteiger partial charge < -0.3 is 20.5 Å². The second kappa shape index (κ2) is 11.4. The van der Waals surface area contributed by atoms with Gasteiger partial charge in [0.15, 0.2) is 17.5 Å². The molecular formula is C18H30IN3O2. The average molecular weight is 447 g/mol. The van der Waals surface area contributed by atoms with E-state index in [1.807, 2.05) is 18.2 Å². The Bertz CT molecular complexity index is 517. The lowest BCUT2D eigenvalue weighted by molar-refractivity contribution is 0.354. The maximum absolute atomic E-state index is 5.93. The molecule has 0 radical (unpaired) electrons. The van der Waals surface area contributed by atoms with E-state index < -0.39 is 0 Å². The number of methoxy groups -OCH3 is 2. The molecule has 0 saturated heterocycles. The molecule has 0 spiro atoms. The molecule has 3 N–H and O–H groups in total. The fourth-order valence-corrected chi connectivity index (χ4v) is 3.12. The Morgan fingerprint density at radius 1 is 1.21 bits per heavy atom. The summed E-state index contributed by atoms with van der Waals surface area (Å²) in [6, 6.07) is 5.78. The summed E-state index contributed by atoms with van der Waals surface area (Å²) in [5.41, 5.74) is 6.97. The number of hydrogen-bond donors (Lipinski definition) is 2. The highest BCUT2D eigenvalue weighted by molar-refractivity contribution is 14.0. The minimum atomic E-state index is 0. The normalized spacial score (nSPS) is 15.0. The van der Waals surface area contributed by atoms with Crippen LogP contribution in [0.4, 0.5) is 0 Å². The van der Waals surface area contributed by atoms with Gasteiger partial charge in [-0.15, -0.1) is 24.0 Å². The highest BCUT2D eigenvalue weighted by atomic mass is 127. The standard InChI is InChI=1S/C18H29N3O2.HI/c1-22-16-10-9-15(12-17(16)23-2)13-21-18(19)20-11-5-8-14-6-3-4-7-14;/h9-10,12,14H,3-8,11,13H2,1-2H3,(H3,19,20,21);1H. The molecule has 2 rings (SSSR count). The zero-order chi connectivity index (χ0) is 16.5. The van der Waals surface area contributed by atoms with Crippen molar-refractivity contribution in [3.05, 3.63) is 23.8 Å². The van der Waals surface area contributed by atoms with Gasteiger partial charge in [0, 0.05) is 6.54 Å². The molecule has 1 aromatic carbocycles. The summed E-state index contributed by atoms with van der Waals surface area (Å²) in [7, 11) is 3.26. The lowest BCUT2D eigenvalue weighted by Gasteiger charge is -2.10. The van der Waals surface area contributed by atoms with Gasteiger partial charge in [0.2, 0.25) is 0 Å². The summed E-state index contributed by atoms with van der Waals surface area (Å²) in [6.45, 7) is 1.43. The average Bonchev–Trinajstić information content (AvgIpc) is 3.10. The minimum absolute atomic E-state index is 0.